The van der Waals surface area contributed by atoms with Crippen molar-refractivity contribution in [3.63, 3.8) is 0 Å². The number of benzene rings is 1. The Morgan fingerprint density at radius 1 is 1.33 bits per heavy atom. The predicted molar refractivity (Wildman–Crippen MR) is 64.3 cm³/mol. The molecule has 0 saturated carbocycles. The van der Waals surface area contributed by atoms with Crippen LogP contribution in [0.2, 0.25) is 0 Å². The first-order valence-corrected chi connectivity index (χ1v) is 5.71. The molecule has 0 fully saturated rings. The summed E-state index contributed by atoms with van der Waals surface area (Å²) in [6, 6.07) is 6.19. The Hall–Kier alpha value is -1.91. The van der Waals surface area contributed by atoms with Gasteiger partial charge >= 0.3 is 5.97 Å². The van der Waals surface area contributed by atoms with Gasteiger partial charge in [-0.25, -0.2) is 4.39 Å². The van der Waals surface area contributed by atoms with Crippen molar-refractivity contribution in [3.05, 3.63) is 35.6 Å². The van der Waals surface area contributed by atoms with Crippen LogP contribution in [-0.2, 0) is 16.1 Å². The molecular weight excluding hydrogens is 237 g/mol. The van der Waals surface area contributed by atoms with Crippen molar-refractivity contribution in [3.8, 4) is 0 Å². The van der Waals surface area contributed by atoms with Crippen molar-refractivity contribution < 1.29 is 19.1 Å². The molecule has 0 saturated heterocycles. The maximum absolute atomic E-state index is 13.2. The maximum atomic E-state index is 13.2. The van der Waals surface area contributed by atoms with E-state index < -0.39 is 5.97 Å². The molecule has 1 aromatic carbocycles. The Kier molecular flexibility index (Phi) is 5.30. The van der Waals surface area contributed by atoms with Gasteiger partial charge in [0.25, 0.3) is 0 Å². The van der Waals surface area contributed by atoms with E-state index in [1.807, 2.05) is 0 Å². The van der Waals surface area contributed by atoms with Gasteiger partial charge in [-0.05, 0) is 12.0 Å². The van der Waals surface area contributed by atoms with E-state index in [2.05, 4.69) is 5.32 Å². The van der Waals surface area contributed by atoms with Gasteiger partial charge in [-0.1, -0.05) is 25.1 Å². The minimum absolute atomic E-state index is 0.0485. The summed E-state index contributed by atoms with van der Waals surface area (Å²) in [5, 5.41) is 11.1. The molecule has 18 heavy (non-hydrogen) atoms. The average molecular weight is 253 g/mol. The monoisotopic (exact) mass is 253 g/mol. The Labute approximate surface area is 105 Å². The van der Waals surface area contributed by atoms with Crippen molar-refractivity contribution in [2.75, 3.05) is 0 Å². The summed E-state index contributed by atoms with van der Waals surface area (Å²) < 4.78 is 13.2. The quantitative estimate of drug-likeness (QED) is 0.814. The van der Waals surface area contributed by atoms with E-state index in [1.165, 1.54) is 6.07 Å². The topological polar surface area (TPSA) is 66.4 Å². The molecule has 2 N–H and O–H groups in total. The second kappa shape index (κ2) is 6.74. The van der Waals surface area contributed by atoms with E-state index in [4.69, 9.17) is 5.11 Å². The molecule has 1 rings (SSSR count). The molecule has 98 valence electrons. The summed E-state index contributed by atoms with van der Waals surface area (Å²) in [5.41, 5.74) is 0.414. The predicted octanol–water partition coefficient (Wildman–Crippen LogP) is 1.94. The van der Waals surface area contributed by atoms with Crippen molar-refractivity contribution in [2.24, 2.45) is 5.92 Å². The molecule has 0 spiro atoms. The summed E-state index contributed by atoms with van der Waals surface area (Å²) in [5.74, 6) is -1.80. The smallest absolute Gasteiger partial charge is 0.303 e. The normalized spacial score (nSPS) is 11.9. The highest BCUT2D eigenvalue weighted by Crippen LogP contribution is 2.08. The van der Waals surface area contributed by atoms with Crippen LogP contribution in [0.4, 0.5) is 4.39 Å². The van der Waals surface area contributed by atoms with Crippen molar-refractivity contribution >= 4 is 11.9 Å². The van der Waals surface area contributed by atoms with Gasteiger partial charge in [-0.15, -0.1) is 0 Å². The van der Waals surface area contributed by atoms with E-state index in [-0.39, 0.29) is 37.0 Å². The minimum atomic E-state index is -0.926. The lowest BCUT2D eigenvalue weighted by Gasteiger charge is -2.09. The Morgan fingerprint density at radius 2 is 2.00 bits per heavy atom. The van der Waals surface area contributed by atoms with Gasteiger partial charge in [0.1, 0.15) is 5.82 Å². The fraction of sp³-hybridized carbons (Fsp3) is 0.385. The van der Waals surface area contributed by atoms with Gasteiger partial charge < -0.3 is 10.4 Å². The molecule has 4 nitrogen and oxygen atoms in total. The number of carboxylic acid groups (broad SMARTS) is 1. The number of carboxylic acids is 1. The van der Waals surface area contributed by atoms with Crippen LogP contribution in [0.3, 0.4) is 0 Å². The number of rotatable bonds is 6. The van der Waals surface area contributed by atoms with Crippen molar-refractivity contribution in [1.29, 1.82) is 0 Å². The number of carbonyl (C=O) groups excluding carboxylic acids is 1. The van der Waals surface area contributed by atoms with Crippen LogP contribution in [0.25, 0.3) is 0 Å². The highest BCUT2D eigenvalue weighted by molar-refractivity contribution is 5.77. The van der Waals surface area contributed by atoms with Crippen LogP contribution in [0.15, 0.2) is 24.3 Å². The first-order chi connectivity index (χ1) is 8.49. The van der Waals surface area contributed by atoms with Crippen molar-refractivity contribution in [1.82, 2.24) is 5.32 Å². The molecule has 1 amide bonds. The molecule has 1 atom stereocenters. The molecule has 0 radical (unpaired) electrons. The minimum Gasteiger partial charge on any atom is -0.481 e. The van der Waals surface area contributed by atoms with Crippen LogP contribution >= 0.6 is 0 Å². The van der Waals surface area contributed by atoms with Crippen LogP contribution in [-0.4, -0.2) is 17.0 Å². The fourth-order valence-electron chi connectivity index (χ4n) is 1.59. The first kappa shape index (κ1) is 14.2. The number of nitrogens with one attached hydrogen (secondary N) is 1. The highest BCUT2D eigenvalue weighted by atomic mass is 19.1. The molecular formula is C13H16FNO3. The van der Waals surface area contributed by atoms with Crippen LogP contribution in [0, 0.1) is 11.7 Å². The fourth-order valence-corrected chi connectivity index (χ4v) is 1.59. The second-order valence-corrected chi connectivity index (χ2v) is 4.28. The molecule has 5 heteroatoms. The van der Waals surface area contributed by atoms with Gasteiger partial charge in [0.2, 0.25) is 5.91 Å². The average Bonchev–Trinajstić information content (AvgIpc) is 2.26. The van der Waals surface area contributed by atoms with E-state index in [0.717, 1.165) is 0 Å². The summed E-state index contributed by atoms with van der Waals surface area (Å²) in [7, 11) is 0. The first-order valence-electron chi connectivity index (χ1n) is 5.71. The Bertz CT molecular complexity index is 434. The number of halogens is 1. The second-order valence-electron chi connectivity index (χ2n) is 4.28. The van der Waals surface area contributed by atoms with Gasteiger partial charge in [-0.3, -0.25) is 9.59 Å². The lowest BCUT2D eigenvalue weighted by molar-refractivity contribution is -0.138. The summed E-state index contributed by atoms with van der Waals surface area (Å²) >= 11 is 0. The number of hydrogen-bond acceptors (Lipinski definition) is 2. The van der Waals surface area contributed by atoms with Gasteiger partial charge in [0.15, 0.2) is 0 Å². The third kappa shape index (κ3) is 4.95. The number of carbonyl (C=O) groups is 2. The van der Waals surface area contributed by atoms with Crippen LogP contribution < -0.4 is 5.32 Å². The number of aliphatic carboxylic acids is 1. The standard InChI is InChI=1S/C13H16FNO3/c1-9(7-13(17)18)6-12(16)15-8-10-4-2-3-5-11(10)14/h2-5,9H,6-8H2,1H3,(H,15,16)(H,17,18). The van der Waals surface area contributed by atoms with E-state index in [1.54, 1.807) is 25.1 Å². The van der Waals surface area contributed by atoms with E-state index in [9.17, 15) is 14.0 Å². The summed E-state index contributed by atoms with van der Waals surface area (Å²) in [4.78, 5) is 21.9. The third-order valence-corrected chi connectivity index (χ3v) is 2.49. The lowest BCUT2D eigenvalue weighted by Crippen LogP contribution is -2.25. The summed E-state index contributed by atoms with van der Waals surface area (Å²) in [6.45, 7) is 1.81. The van der Waals surface area contributed by atoms with Crippen LogP contribution in [0.1, 0.15) is 25.3 Å². The molecule has 0 aromatic heterocycles. The molecule has 0 heterocycles. The van der Waals surface area contributed by atoms with Gasteiger partial charge in [0.05, 0.1) is 0 Å². The molecule has 0 aliphatic carbocycles. The highest BCUT2D eigenvalue weighted by Gasteiger charge is 2.12. The Balaban J connectivity index is 2.38. The largest absolute Gasteiger partial charge is 0.481 e. The van der Waals surface area contributed by atoms with Gasteiger partial charge in [0, 0.05) is 24.9 Å². The summed E-state index contributed by atoms with van der Waals surface area (Å²) in [6.07, 6.45) is 0.0773. The molecule has 0 aliphatic rings. The molecule has 1 unspecified atom stereocenters. The SMILES string of the molecule is CC(CC(=O)O)CC(=O)NCc1ccccc1F. The third-order valence-electron chi connectivity index (χ3n) is 2.49. The van der Waals surface area contributed by atoms with E-state index >= 15 is 0 Å². The number of hydrogen-bond donors (Lipinski definition) is 2. The molecule has 1 aromatic rings. The zero-order chi connectivity index (χ0) is 13.5. The number of amides is 1. The van der Waals surface area contributed by atoms with E-state index in [0.29, 0.717) is 5.56 Å². The maximum Gasteiger partial charge on any atom is 0.303 e. The zero-order valence-corrected chi connectivity index (χ0v) is 10.1. The van der Waals surface area contributed by atoms with Gasteiger partial charge in [-0.2, -0.15) is 0 Å². The molecule has 0 aliphatic heterocycles. The Morgan fingerprint density at radius 3 is 2.61 bits per heavy atom. The zero-order valence-electron chi connectivity index (χ0n) is 10.1. The van der Waals surface area contributed by atoms with Crippen LogP contribution in [0.5, 0.6) is 0 Å². The lowest BCUT2D eigenvalue weighted by atomic mass is 10.0. The molecule has 0 bridgehead atoms. The van der Waals surface area contributed by atoms with Crippen molar-refractivity contribution in [2.45, 2.75) is 26.3 Å².